The summed E-state index contributed by atoms with van der Waals surface area (Å²) in [5.74, 6) is -0.408. The van der Waals surface area contributed by atoms with Gasteiger partial charge in [-0.05, 0) is 42.8 Å². The molecule has 0 radical (unpaired) electrons. The van der Waals surface area contributed by atoms with E-state index in [1.165, 1.54) is 4.80 Å². The van der Waals surface area contributed by atoms with Crippen molar-refractivity contribution in [3.63, 3.8) is 0 Å². The summed E-state index contributed by atoms with van der Waals surface area (Å²) >= 11 is 24.9. The summed E-state index contributed by atoms with van der Waals surface area (Å²) in [6.45, 7) is 2.38. The molecule has 0 saturated heterocycles. The van der Waals surface area contributed by atoms with Crippen LogP contribution in [-0.4, -0.2) is 27.6 Å². The highest BCUT2D eigenvalue weighted by Crippen LogP contribution is 2.38. The Kier molecular flexibility index (Phi) is 8.61. The molecule has 0 aliphatic carbocycles. The minimum Gasteiger partial charge on any atom is -0.464 e. The zero-order valence-corrected chi connectivity index (χ0v) is 19.9. The van der Waals surface area contributed by atoms with E-state index in [4.69, 9.17) is 51.1 Å². The molecule has 3 aromatic rings. The maximum Gasteiger partial charge on any atom is 0.329 e. The highest BCUT2D eigenvalue weighted by Gasteiger charge is 2.21. The van der Waals surface area contributed by atoms with Gasteiger partial charge in [0.25, 0.3) is 0 Å². The summed E-state index contributed by atoms with van der Waals surface area (Å²) in [5.41, 5.74) is 2.18. The van der Waals surface area contributed by atoms with E-state index in [9.17, 15) is 4.79 Å². The highest BCUT2D eigenvalue weighted by atomic mass is 35.5. The van der Waals surface area contributed by atoms with Crippen LogP contribution in [0.3, 0.4) is 0 Å². The molecule has 3 rings (SSSR count). The molecule has 0 spiro atoms. The molecule has 0 unspecified atom stereocenters. The van der Waals surface area contributed by atoms with Gasteiger partial charge in [0.2, 0.25) is 0 Å². The first-order valence-corrected chi connectivity index (χ1v) is 11.4. The second kappa shape index (κ2) is 11.2. The lowest BCUT2D eigenvalue weighted by Gasteiger charge is -2.06. The molecule has 2 aromatic carbocycles. The number of ether oxygens (including phenoxy) is 1. The van der Waals surface area contributed by atoms with Gasteiger partial charge in [-0.3, -0.25) is 0 Å². The van der Waals surface area contributed by atoms with Crippen molar-refractivity contribution >= 4 is 52.4 Å². The molecule has 5 nitrogen and oxygen atoms in total. The third-order valence-corrected chi connectivity index (χ3v) is 5.65. The van der Waals surface area contributed by atoms with Gasteiger partial charge in [0.1, 0.15) is 11.4 Å². The zero-order chi connectivity index (χ0) is 22.4. The molecular weight excluding hydrogens is 480 g/mol. The molecule has 0 amide bonds. The minimum absolute atomic E-state index is 0.128. The van der Waals surface area contributed by atoms with Crippen LogP contribution in [0.2, 0.25) is 20.1 Å². The Morgan fingerprint density at radius 1 is 0.871 bits per heavy atom. The van der Waals surface area contributed by atoms with Gasteiger partial charge in [-0.2, -0.15) is 15.0 Å². The minimum atomic E-state index is -0.408. The Morgan fingerprint density at radius 2 is 1.42 bits per heavy atom. The third kappa shape index (κ3) is 6.36. The van der Waals surface area contributed by atoms with Crippen molar-refractivity contribution in [2.24, 2.45) is 0 Å². The van der Waals surface area contributed by atoms with Crippen LogP contribution in [0, 0.1) is 0 Å². The fourth-order valence-electron chi connectivity index (χ4n) is 3.02. The van der Waals surface area contributed by atoms with Gasteiger partial charge in [0.05, 0.1) is 16.7 Å². The lowest BCUT2D eigenvalue weighted by atomic mass is 10.0. The predicted octanol–water partition coefficient (Wildman–Crippen LogP) is 7.35. The summed E-state index contributed by atoms with van der Waals surface area (Å²) in [4.78, 5) is 13.5. The Morgan fingerprint density at radius 3 is 1.90 bits per heavy atom. The van der Waals surface area contributed by atoms with Gasteiger partial charge < -0.3 is 4.74 Å². The van der Waals surface area contributed by atoms with E-state index in [-0.39, 0.29) is 6.54 Å². The van der Waals surface area contributed by atoms with E-state index < -0.39 is 5.97 Å². The quantitative estimate of drug-likeness (QED) is 0.227. The fourth-order valence-corrected chi connectivity index (χ4v) is 4.02. The third-order valence-electron chi connectivity index (χ3n) is 4.56. The summed E-state index contributed by atoms with van der Waals surface area (Å²) in [7, 11) is 0. The first-order chi connectivity index (χ1) is 14.9. The zero-order valence-electron chi connectivity index (χ0n) is 16.9. The molecule has 0 saturated carbocycles. The SMILES string of the molecule is CCCCCCOC(=O)Cn1nc(-c2ccc(Cl)cc2Cl)c(-c2ccc(Cl)cc2Cl)n1. The first-order valence-electron chi connectivity index (χ1n) is 9.90. The molecule has 0 aliphatic heterocycles. The molecule has 164 valence electrons. The van der Waals surface area contributed by atoms with Gasteiger partial charge in [-0.25, -0.2) is 4.79 Å². The maximum absolute atomic E-state index is 12.3. The lowest BCUT2D eigenvalue weighted by Crippen LogP contribution is -2.16. The number of rotatable bonds is 9. The van der Waals surface area contributed by atoms with Crippen LogP contribution < -0.4 is 0 Å². The van der Waals surface area contributed by atoms with Crippen LogP contribution >= 0.6 is 46.4 Å². The van der Waals surface area contributed by atoms with Crippen molar-refractivity contribution in [1.82, 2.24) is 15.0 Å². The Bertz CT molecular complexity index is 1000. The van der Waals surface area contributed by atoms with Crippen molar-refractivity contribution in [2.45, 2.75) is 39.2 Å². The summed E-state index contributed by atoms with van der Waals surface area (Å²) in [6.07, 6.45) is 4.11. The Balaban J connectivity index is 1.90. The molecule has 0 atom stereocenters. The number of esters is 1. The van der Waals surface area contributed by atoms with Crippen LogP contribution in [0.4, 0.5) is 0 Å². The molecule has 1 heterocycles. The van der Waals surface area contributed by atoms with Crippen molar-refractivity contribution in [3.8, 4) is 22.5 Å². The fraction of sp³-hybridized carbons (Fsp3) is 0.318. The van der Waals surface area contributed by atoms with Crippen LogP contribution in [0.5, 0.6) is 0 Å². The van der Waals surface area contributed by atoms with E-state index in [0.29, 0.717) is 49.2 Å². The molecule has 0 N–H and O–H groups in total. The van der Waals surface area contributed by atoms with E-state index in [1.54, 1.807) is 36.4 Å². The number of hydrogen-bond acceptors (Lipinski definition) is 4. The molecule has 31 heavy (non-hydrogen) atoms. The van der Waals surface area contributed by atoms with E-state index in [2.05, 4.69) is 17.1 Å². The second-order valence-corrected chi connectivity index (χ2v) is 8.64. The summed E-state index contributed by atoms with van der Waals surface area (Å²) < 4.78 is 5.31. The number of halogens is 4. The van der Waals surface area contributed by atoms with Gasteiger partial charge in [-0.1, -0.05) is 72.6 Å². The number of benzene rings is 2. The van der Waals surface area contributed by atoms with Crippen molar-refractivity contribution in [1.29, 1.82) is 0 Å². The van der Waals surface area contributed by atoms with Crippen LogP contribution in [0.1, 0.15) is 32.6 Å². The maximum atomic E-state index is 12.3. The molecule has 0 bridgehead atoms. The second-order valence-electron chi connectivity index (χ2n) is 6.96. The smallest absolute Gasteiger partial charge is 0.329 e. The van der Waals surface area contributed by atoms with Gasteiger partial charge in [-0.15, -0.1) is 0 Å². The van der Waals surface area contributed by atoms with Gasteiger partial charge >= 0.3 is 5.97 Å². The largest absolute Gasteiger partial charge is 0.464 e. The number of aromatic nitrogens is 3. The van der Waals surface area contributed by atoms with Gasteiger partial charge in [0.15, 0.2) is 6.54 Å². The Hall–Kier alpha value is -1.79. The molecular formula is C22H21Cl4N3O2. The Labute approximate surface area is 201 Å². The van der Waals surface area contributed by atoms with E-state index in [1.807, 2.05) is 0 Å². The number of nitrogens with zero attached hydrogens (tertiary/aromatic N) is 3. The summed E-state index contributed by atoms with van der Waals surface area (Å²) in [6, 6.07) is 10.2. The summed E-state index contributed by atoms with van der Waals surface area (Å²) in [5, 5.41) is 10.8. The van der Waals surface area contributed by atoms with Crippen molar-refractivity contribution < 1.29 is 9.53 Å². The molecule has 1 aromatic heterocycles. The van der Waals surface area contributed by atoms with E-state index in [0.717, 1.165) is 25.7 Å². The van der Waals surface area contributed by atoms with Crippen LogP contribution in [0.15, 0.2) is 36.4 Å². The molecule has 0 aliphatic rings. The normalized spacial score (nSPS) is 11.0. The first kappa shape index (κ1) is 23.9. The number of unbranched alkanes of at least 4 members (excludes halogenated alkanes) is 3. The molecule has 0 fully saturated rings. The van der Waals surface area contributed by atoms with Gasteiger partial charge in [0, 0.05) is 21.2 Å². The van der Waals surface area contributed by atoms with Crippen molar-refractivity contribution in [2.75, 3.05) is 6.61 Å². The average molecular weight is 501 g/mol. The number of carbonyl (C=O) groups excluding carboxylic acids is 1. The topological polar surface area (TPSA) is 57.0 Å². The van der Waals surface area contributed by atoms with Crippen molar-refractivity contribution in [3.05, 3.63) is 56.5 Å². The standard InChI is InChI=1S/C22H21Cl4N3O2/c1-2-3-4-5-10-31-20(30)13-29-27-21(16-8-6-14(23)11-18(16)25)22(28-29)17-9-7-15(24)12-19(17)26/h6-9,11-12H,2-5,10,13H2,1H3. The number of hydrogen-bond donors (Lipinski definition) is 0. The molecule has 9 heteroatoms. The average Bonchev–Trinajstić information content (AvgIpc) is 3.10. The predicted molar refractivity (Wildman–Crippen MR) is 126 cm³/mol. The monoisotopic (exact) mass is 499 g/mol. The van der Waals surface area contributed by atoms with E-state index >= 15 is 0 Å². The highest BCUT2D eigenvalue weighted by molar-refractivity contribution is 6.37. The number of carbonyl (C=O) groups is 1. The van der Waals surface area contributed by atoms with Crippen LogP contribution in [-0.2, 0) is 16.1 Å². The lowest BCUT2D eigenvalue weighted by molar-refractivity contribution is -0.144. The van der Waals surface area contributed by atoms with Crippen LogP contribution in [0.25, 0.3) is 22.5 Å².